The van der Waals surface area contributed by atoms with Gasteiger partial charge in [0.25, 0.3) is 0 Å². The summed E-state index contributed by atoms with van der Waals surface area (Å²) in [5.41, 5.74) is 1.46. The van der Waals surface area contributed by atoms with Gasteiger partial charge >= 0.3 is 0 Å². The Morgan fingerprint density at radius 1 is 0.811 bits per heavy atom. The number of imide groups is 2. The van der Waals surface area contributed by atoms with E-state index in [1.165, 1.54) is 36.2 Å². The van der Waals surface area contributed by atoms with Crippen LogP contribution in [0, 0.1) is 29.6 Å². The summed E-state index contributed by atoms with van der Waals surface area (Å²) in [6.07, 6.45) is 4.07. The first-order chi connectivity index (χ1) is 17.8. The lowest BCUT2D eigenvalue weighted by Crippen LogP contribution is -2.43. The van der Waals surface area contributed by atoms with Crippen LogP contribution >= 0.6 is 0 Å². The number of likely N-dealkylation sites (tertiary alicyclic amines) is 2. The molecule has 0 spiro atoms. The molecule has 0 bridgehead atoms. The summed E-state index contributed by atoms with van der Waals surface area (Å²) in [4.78, 5) is 56.8. The molecule has 1 aromatic carbocycles. The maximum Gasteiger partial charge on any atom is 0.234 e. The van der Waals surface area contributed by atoms with Crippen LogP contribution in [0.1, 0.15) is 51.0 Å². The van der Waals surface area contributed by atoms with E-state index < -0.39 is 29.6 Å². The smallest absolute Gasteiger partial charge is 0.234 e. The minimum Gasteiger partial charge on any atom is -0.508 e. The summed E-state index contributed by atoms with van der Waals surface area (Å²) in [6, 6.07) is 2.95. The molecular weight excluding hydrogens is 476 g/mol. The van der Waals surface area contributed by atoms with Crippen molar-refractivity contribution in [3.63, 3.8) is 0 Å². The van der Waals surface area contributed by atoms with Crippen LogP contribution in [0.15, 0.2) is 23.8 Å². The Morgan fingerprint density at radius 3 is 1.89 bits per heavy atom. The van der Waals surface area contributed by atoms with Crippen LogP contribution in [0.2, 0.25) is 0 Å². The number of nitrogens with zero attached hydrogens (tertiary/aromatic N) is 2. The third kappa shape index (κ3) is 3.65. The number of hydrogen-bond donors (Lipinski definition) is 1. The summed E-state index contributed by atoms with van der Waals surface area (Å²) in [6.45, 7) is 4.56. The molecule has 1 saturated carbocycles. The molecule has 9 nitrogen and oxygen atoms in total. The van der Waals surface area contributed by atoms with Crippen LogP contribution in [0.4, 0.5) is 0 Å². The van der Waals surface area contributed by atoms with Crippen LogP contribution in [0.5, 0.6) is 17.2 Å². The van der Waals surface area contributed by atoms with Crippen LogP contribution in [-0.2, 0) is 19.2 Å². The van der Waals surface area contributed by atoms with Gasteiger partial charge in [-0.15, -0.1) is 0 Å². The number of aromatic hydroxyl groups is 1. The van der Waals surface area contributed by atoms with Crippen molar-refractivity contribution in [2.45, 2.75) is 45.4 Å². The number of phenolic OH excluding ortho intramolecular Hbond substituents is 1. The number of amides is 4. The number of allylic oxidation sites excluding steroid dienone is 2. The van der Waals surface area contributed by atoms with Gasteiger partial charge in [0.05, 0.1) is 37.9 Å². The maximum absolute atomic E-state index is 13.8. The molecule has 4 amide bonds. The fourth-order valence-electron chi connectivity index (χ4n) is 7.16. The average Bonchev–Trinajstić information content (AvgIpc) is 3.27. The zero-order valence-corrected chi connectivity index (χ0v) is 21.7. The van der Waals surface area contributed by atoms with E-state index in [0.717, 1.165) is 5.57 Å². The van der Waals surface area contributed by atoms with Gasteiger partial charge in [-0.2, -0.15) is 0 Å². The summed E-state index contributed by atoms with van der Waals surface area (Å²) in [5.74, 6) is -3.38. The Bertz CT molecular complexity index is 1170. The molecule has 5 rings (SSSR count). The highest BCUT2D eigenvalue weighted by Gasteiger charge is 2.62. The zero-order valence-electron chi connectivity index (χ0n) is 21.7. The van der Waals surface area contributed by atoms with E-state index in [1.54, 1.807) is 0 Å². The van der Waals surface area contributed by atoms with Crippen molar-refractivity contribution >= 4 is 23.6 Å². The highest BCUT2D eigenvalue weighted by Crippen LogP contribution is 2.60. The van der Waals surface area contributed by atoms with Gasteiger partial charge in [0.2, 0.25) is 23.6 Å². The second kappa shape index (κ2) is 9.50. The second-order valence-electron chi connectivity index (χ2n) is 10.4. The third-order valence-electron chi connectivity index (χ3n) is 8.57. The molecule has 9 heteroatoms. The van der Waals surface area contributed by atoms with E-state index in [4.69, 9.17) is 9.47 Å². The monoisotopic (exact) mass is 510 g/mol. The van der Waals surface area contributed by atoms with Crippen molar-refractivity contribution < 1.29 is 33.8 Å². The van der Waals surface area contributed by atoms with Crippen molar-refractivity contribution in [1.82, 2.24) is 9.80 Å². The average molecular weight is 511 g/mol. The third-order valence-corrected chi connectivity index (χ3v) is 8.57. The number of ether oxygens (including phenoxy) is 2. The van der Waals surface area contributed by atoms with Gasteiger partial charge in [-0.25, -0.2) is 0 Å². The number of fused-ring (bicyclic) bond motifs is 4. The number of benzene rings is 1. The van der Waals surface area contributed by atoms with Gasteiger partial charge in [0, 0.05) is 36.7 Å². The Labute approximate surface area is 216 Å². The van der Waals surface area contributed by atoms with Crippen molar-refractivity contribution in [3.8, 4) is 17.2 Å². The fraction of sp³-hybridized carbons (Fsp3) is 0.571. The normalized spacial score (nSPS) is 30.8. The van der Waals surface area contributed by atoms with Gasteiger partial charge in [-0.05, 0) is 31.6 Å². The van der Waals surface area contributed by atoms with Crippen molar-refractivity contribution in [3.05, 3.63) is 29.3 Å². The number of hydrogen-bond acceptors (Lipinski definition) is 7. The number of methoxy groups -OCH3 is 2. The Hall–Kier alpha value is -3.36. The molecule has 2 aliphatic heterocycles. The molecule has 1 N–H and O–H groups in total. The molecule has 37 heavy (non-hydrogen) atoms. The molecule has 198 valence electrons. The number of rotatable bonds is 7. The summed E-state index contributed by atoms with van der Waals surface area (Å²) < 4.78 is 11.3. The van der Waals surface area contributed by atoms with E-state index >= 15 is 0 Å². The van der Waals surface area contributed by atoms with Gasteiger partial charge in [-0.1, -0.05) is 25.5 Å². The van der Waals surface area contributed by atoms with E-state index in [-0.39, 0.29) is 35.3 Å². The fourth-order valence-corrected chi connectivity index (χ4v) is 7.16. The summed E-state index contributed by atoms with van der Waals surface area (Å²) >= 11 is 0. The van der Waals surface area contributed by atoms with Gasteiger partial charge in [0.1, 0.15) is 17.2 Å². The summed E-state index contributed by atoms with van der Waals surface area (Å²) in [7, 11) is 2.96. The Balaban J connectivity index is 1.69. The molecule has 2 aliphatic carbocycles. The molecule has 0 aromatic heterocycles. The first kappa shape index (κ1) is 25.3. The molecule has 4 aliphatic rings. The van der Waals surface area contributed by atoms with E-state index in [2.05, 4.69) is 0 Å². The standard InChI is InChI=1S/C28H34N2O7/c1-5-9-29-25(32)16-8-7-15-17(21(16)27(29)34)13-18-23(28(35)30(10-6-2)26(18)33)22(15)24-19(36-3)11-14(31)12-20(24)37-4/h7,11-12,16-18,21-23,31H,5-6,8-10,13H2,1-4H3/t16-,17+,18+,21-,22-,23+/m0/s1. The lowest BCUT2D eigenvalue weighted by Gasteiger charge is -2.44. The van der Waals surface area contributed by atoms with Crippen molar-refractivity contribution in [1.29, 1.82) is 0 Å². The van der Waals surface area contributed by atoms with E-state index in [0.29, 0.717) is 55.8 Å². The molecule has 6 atom stereocenters. The molecule has 3 fully saturated rings. The minimum absolute atomic E-state index is 0.0488. The van der Waals surface area contributed by atoms with Crippen molar-refractivity contribution in [2.24, 2.45) is 29.6 Å². The first-order valence-electron chi connectivity index (χ1n) is 13.1. The quantitative estimate of drug-likeness (QED) is 0.443. The zero-order chi connectivity index (χ0) is 26.6. The molecule has 0 unspecified atom stereocenters. The topological polar surface area (TPSA) is 113 Å². The molecular formula is C28H34N2O7. The highest BCUT2D eigenvalue weighted by molar-refractivity contribution is 6.08. The van der Waals surface area contributed by atoms with Crippen LogP contribution in [-0.4, -0.2) is 65.8 Å². The number of carbonyl (C=O) groups is 4. The van der Waals surface area contributed by atoms with Gasteiger partial charge in [-0.3, -0.25) is 29.0 Å². The van der Waals surface area contributed by atoms with Gasteiger partial charge in [0.15, 0.2) is 0 Å². The minimum atomic E-state index is -0.676. The first-order valence-corrected chi connectivity index (χ1v) is 13.1. The lowest BCUT2D eigenvalue weighted by molar-refractivity contribution is -0.142. The Kier molecular flexibility index (Phi) is 6.50. The predicted octanol–water partition coefficient (Wildman–Crippen LogP) is 2.87. The SMILES string of the molecule is CCCN1C(=O)[C@H]2[C@H](CC=C3[C@H]2C[C@H]2C(=O)N(CCC)C(=O)[C@H]2[C@H]3c2c(OC)cc(O)cc2OC)C1=O. The lowest BCUT2D eigenvalue weighted by atomic mass is 9.57. The maximum atomic E-state index is 13.8. The largest absolute Gasteiger partial charge is 0.508 e. The predicted molar refractivity (Wildman–Crippen MR) is 133 cm³/mol. The Morgan fingerprint density at radius 2 is 1.35 bits per heavy atom. The van der Waals surface area contributed by atoms with Gasteiger partial charge < -0.3 is 14.6 Å². The summed E-state index contributed by atoms with van der Waals surface area (Å²) in [5, 5.41) is 10.3. The van der Waals surface area contributed by atoms with Crippen molar-refractivity contribution in [2.75, 3.05) is 27.3 Å². The van der Waals surface area contributed by atoms with Crippen LogP contribution in [0.3, 0.4) is 0 Å². The highest BCUT2D eigenvalue weighted by atomic mass is 16.5. The van der Waals surface area contributed by atoms with E-state index in [9.17, 15) is 24.3 Å². The van der Waals surface area contributed by atoms with Crippen LogP contribution < -0.4 is 9.47 Å². The van der Waals surface area contributed by atoms with E-state index in [1.807, 2.05) is 19.9 Å². The van der Waals surface area contributed by atoms with Crippen LogP contribution in [0.25, 0.3) is 0 Å². The molecule has 2 heterocycles. The number of phenols is 1. The number of carbonyl (C=O) groups excluding carboxylic acids is 4. The molecule has 0 radical (unpaired) electrons. The molecule has 1 aromatic rings. The second-order valence-corrected chi connectivity index (χ2v) is 10.4. The molecule has 2 saturated heterocycles.